The number of benzene rings is 2. The van der Waals surface area contributed by atoms with Crippen LogP contribution < -0.4 is 11.5 Å². The van der Waals surface area contributed by atoms with Crippen LogP contribution in [0.15, 0.2) is 54.6 Å². The van der Waals surface area contributed by atoms with Gasteiger partial charge < -0.3 is 11.5 Å². The fraction of sp³-hybridized carbons (Fsp3) is 0.278. The third-order valence-electron chi connectivity index (χ3n) is 3.60. The third kappa shape index (κ3) is 5.04. The molecule has 0 fully saturated rings. The second-order valence-corrected chi connectivity index (χ2v) is 5.37. The van der Waals surface area contributed by atoms with E-state index in [-0.39, 0.29) is 11.9 Å². The predicted molar refractivity (Wildman–Crippen MR) is 85.7 cm³/mol. The van der Waals surface area contributed by atoms with Gasteiger partial charge in [-0.1, -0.05) is 54.6 Å². The minimum atomic E-state index is -0.264. The molecular weight excluding hydrogens is 260 g/mol. The first-order valence-electron chi connectivity index (χ1n) is 7.32. The zero-order valence-electron chi connectivity index (χ0n) is 12.2. The second-order valence-electron chi connectivity index (χ2n) is 5.37. The number of carbonyl (C=O) groups excluding carboxylic acids is 1. The molecule has 0 heterocycles. The van der Waals surface area contributed by atoms with E-state index in [1.807, 2.05) is 6.07 Å². The summed E-state index contributed by atoms with van der Waals surface area (Å²) in [5, 5.41) is 0. The topological polar surface area (TPSA) is 69.1 Å². The smallest absolute Gasteiger partial charge is 0.217 e. The average molecular weight is 282 g/mol. The quantitative estimate of drug-likeness (QED) is 0.819. The van der Waals surface area contributed by atoms with Gasteiger partial charge in [0.15, 0.2) is 0 Å². The zero-order valence-corrected chi connectivity index (χ0v) is 12.2. The molecule has 0 spiro atoms. The Balaban J connectivity index is 1.90. The number of hydrogen-bond donors (Lipinski definition) is 2. The van der Waals surface area contributed by atoms with Crippen LogP contribution in [0.1, 0.15) is 42.0 Å². The highest BCUT2D eigenvalue weighted by Crippen LogP contribution is 2.18. The summed E-state index contributed by atoms with van der Waals surface area (Å²) in [6, 6.07) is 18.8. The summed E-state index contributed by atoms with van der Waals surface area (Å²) in [5.74, 6) is -0.264. The average Bonchev–Trinajstić information content (AvgIpc) is 2.48. The van der Waals surface area contributed by atoms with Gasteiger partial charge in [-0.15, -0.1) is 0 Å². The van der Waals surface area contributed by atoms with Gasteiger partial charge in [0.1, 0.15) is 0 Å². The van der Waals surface area contributed by atoms with Crippen molar-refractivity contribution >= 4 is 5.91 Å². The summed E-state index contributed by atoms with van der Waals surface area (Å²) in [6.07, 6.45) is 2.85. The first kappa shape index (κ1) is 15.3. The molecule has 2 rings (SSSR count). The van der Waals surface area contributed by atoms with E-state index in [4.69, 9.17) is 11.5 Å². The van der Waals surface area contributed by atoms with Crippen LogP contribution >= 0.6 is 0 Å². The van der Waals surface area contributed by atoms with Gasteiger partial charge in [0.2, 0.25) is 5.91 Å². The molecule has 0 radical (unpaired) electrons. The van der Waals surface area contributed by atoms with Crippen molar-refractivity contribution in [1.82, 2.24) is 0 Å². The monoisotopic (exact) mass is 282 g/mol. The third-order valence-corrected chi connectivity index (χ3v) is 3.60. The zero-order chi connectivity index (χ0) is 15.1. The van der Waals surface area contributed by atoms with Gasteiger partial charge in [-0.25, -0.2) is 0 Å². The summed E-state index contributed by atoms with van der Waals surface area (Å²) >= 11 is 0. The van der Waals surface area contributed by atoms with Crippen LogP contribution in [0.25, 0.3) is 0 Å². The largest absolute Gasteiger partial charge is 0.370 e. The molecular formula is C18H22N2O. The van der Waals surface area contributed by atoms with Crippen LogP contribution in [0.3, 0.4) is 0 Å². The molecule has 1 amide bonds. The lowest BCUT2D eigenvalue weighted by Gasteiger charge is -2.12. The Morgan fingerprint density at radius 1 is 0.952 bits per heavy atom. The van der Waals surface area contributed by atoms with E-state index in [0.717, 1.165) is 24.8 Å². The SMILES string of the molecule is NC(=O)CCCC(N)c1ccc(Cc2ccccc2)cc1. The molecule has 0 saturated carbocycles. The lowest BCUT2D eigenvalue weighted by Crippen LogP contribution is -2.14. The maximum Gasteiger partial charge on any atom is 0.217 e. The van der Waals surface area contributed by atoms with E-state index in [2.05, 4.69) is 48.5 Å². The van der Waals surface area contributed by atoms with E-state index in [9.17, 15) is 4.79 Å². The Hall–Kier alpha value is -2.13. The Bertz CT molecular complexity index is 564. The van der Waals surface area contributed by atoms with E-state index in [1.54, 1.807) is 0 Å². The van der Waals surface area contributed by atoms with E-state index in [1.165, 1.54) is 11.1 Å². The van der Waals surface area contributed by atoms with Gasteiger partial charge in [-0.3, -0.25) is 4.79 Å². The summed E-state index contributed by atoms with van der Waals surface area (Å²) in [7, 11) is 0. The van der Waals surface area contributed by atoms with Crippen molar-refractivity contribution in [2.75, 3.05) is 0 Å². The van der Waals surface area contributed by atoms with E-state index < -0.39 is 0 Å². The number of hydrogen-bond acceptors (Lipinski definition) is 2. The second kappa shape index (κ2) is 7.60. The van der Waals surface area contributed by atoms with Crippen LogP contribution in [-0.2, 0) is 11.2 Å². The molecule has 4 N–H and O–H groups in total. The highest BCUT2D eigenvalue weighted by Gasteiger charge is 2.07. The highest BCUT2D eigenvalue weighted by atomic mass is 16.1. The summed E-state index contributed by atoms with van der Waals surface area (Å²) in [4.78, 5) is 10.7. The molecule has 21 heavy (non-hydrogen) atoms. The molecule has 1 atom stereocenters. The molecule has 3 heteroatoms. The standard InChI is InChI=1S/C18H22N2O/c19-17(7-4-8-18(20)21)16-11-9-15(10-12-16)13-14-5-2-1-3-6-14/h1-3,5-6,9-12,17H,4,7-8,13,19H2,(H2,20,21). The molecule has 0 aliphatic heterocycles. The number of rotatable bonds is 7. The van der Waals surface area contributed by atoms with Crippen molar-refractivity contribution in [2.24, 2.45) is 11.5 Å². The van der Waals surface area contributed by atoms with Gasteiger partial charge in [-0.2, -0.15) is 0 Å². The maximum absolute atomic E-state index is 10.7. The number of primary amides is 1. The van der Waals surface area contributed by atoms with Crippen molar-refractivity contribution in [3.63, 3.8) is 0 Å². The fourth-order valence-corrected chi connectivity index (χ4v) is 2.38. The van der Waals surface area contributed by atoms with Crippen LogP contribution in [0.4, 0.5) is 0 Å². The van der Waals surface area contributed by atoms with Crippen molar-refractivity contribution in [3.05, 3.63) is 71.3 Å². The van der Waals surface area contributed by atoms with Crippen molar-refractivity contribution < 1.29 is 4.79 Å². The van der Waals surface area contributed by atoms with Gasteiger partial charge in [-0.05, 0) is 36.0 Å². The molecule has 0 saturated heterocycles. The molecule has 1 unspecified atom stereocenters. The molecule has 0 aliphatic rings. The summed E-state index contributed by atoms with van der Waals surface area (Å²) in [5.41, 5.74) is 14.9. The molecule has 2 aromatic carbocycles. The first-order valence-corrected chi connectivity index (χ1v) is 7.32. The molecule has 0 bridgehead atoms. The fourth-order valence-electron chi connectivity index (χ4n) is 2.38. The molecule has 110 valence electrons. The Kier molecular flexibility index (Phi) is 5.52. The highest BCUT2D eigenvalue weighted by molar-refractivity contribution is 5.73. The maximum atomic E-state index is 10.7. The minimum Gasteiger partial charge on any atom is -0.370 e. The molecule has 2 aromatic rings. The minimum absolute atomic E-state index is 0.0323. The number of carbonyl (C=O) groups is 1. The van der Waals surface area contributed by atoms with Gasteiger partial charge in [0, 0.05) is 12.5 Å². The first-order chi connectivity index (χ1) is 10.1. The van der Waals surface area contributed by atoms with E-state index in [0.29, 0.717) is 6.42 Å². The number of amides is 1. The van der Waals surface area contributed by atoms with Gasteiger partial charge in [0.05, 0.1) is 0 Å². The predicted octanol–water partition coefficient (Wildman–Crippen LogP) is 2.93. The number of nitrogens with two attached hydrogens (primary N) is 2. The van der Waals surface area contributed by atoms with E-state index >= 15 is 0 Å². The molecule has 3 nitrogen and oxygen atoms in total. The Morgan fingerprint density at radius 3 is 2.19 bits per heavy atom. The van der Waals surface area contributed by atoms with Crippen LogP contribution in [0.2, 0.25) is 0 Å². The van der Waals surface area contributed by atoms with Crippen LogP contribution in [0, 0.1) is 0 Å². The van der Waals surface area contributed by atoms with Crippen LogP contribution in [0.5, 0.6) is 0 Å². The van der Waals surface area contributed by atoms with Gasteiger partial charge in [0.25, 0.3) is 0 Å². The Morgan fingerprint density at radius 2 is 1.57 bits per heavy atom. The molecule has 0 aromatic heterocycles. The summed E-state index contributed by atoms with van der Waals surface area (Å²) < 4.78 is 0. The lowest BCUT2D eigenvalue weighted by molar-refractivity contribution is -0.118. The summed E-state index contributed by atoms with van der Waals surface area (Å²) in [6.45, 7) is 0. The Labute approximate surface area is 126 Å². The lowest BCUT2D eigenvalue weighted by atomic mass is 9.98. The normalized spacial score (nSPS) is 12.0. The molecule has 0 aliphatic carbocycles. The van der Waals surface area contributed by atoms with Crippen molar-refractivity contribution in [3.8, 4) is 0 Å². The van der Waals surface area contributed by atoms with Crippen molar-refractivity contribution in [2.45, 2.75) is 31.7 Å². The van der Waals surface area contributed by atoms with Crippen LogP contribution in [-0.4, -0.2) is 5.91 Å². The van der Waals surface area contributed by atoms with Gasteiger partial charge >= 0.3 is 0 Å². The van der Waals surface area contributed by atoms with Crippen molar-refractivity contribution in [1.29, 1.82) is 0 Å².